The van der Waals surface area contributed by atoms with Crippen molar-refractivity contribution < 1.29 is 0 Å². The predicted octanol–water partition coefficient (Wildman–Crippen LogP) is 15.5. The first-order valence-electron chi connectivity index (χ1n) is 20.4. The fourth-order valence-electron chi connectivity index (χ4n) is 7.93. The van der Waals surface area contributed by atoms with Gasteiger partial charge in [0.2, 0.25) is 0 Å². The third-order valence-electron chi connectivity index (χ3n) is 11.1. The van der Waals surface area contributed by atoms with E-state index in [1.54, 1.807) is 0 Å². The largest absolute Gasteiger partial charge is 0.228 e. The van der Waals surface area contributed by atoms with E-state index in [1.807, 2.05) is 12.1 Å². The lowest BCUT2D eigenvalue weighted by Crippen LogP contribution is -1.97. The first-order valence-corrected chi connectivity index (χ1v) is 20.4. The molecule has 0 aliphatic heterocycles. The first-order chi connectivity index (χ1) is 29.7. The molecule has 0 radical (unpaired) electrons. The molecular formula is C58H40N2. The summed E-state index contributed by atoms with van der Waals surface area (Å²) >= 11 is 0. The molecule has 282 valence electrons. The van der Waals surface area contributed by atoms with E-state index in [1.165, 1.54) is 33.4 Å². The maximum absolute atomic E-state index is 5.20. The molecule has 10 rings (SSSR count). The molecular weight excluding hydrogens is 725 g/mol. The molecule has 0 bridgehead atoms. The highest BCUT2D eigenvalue weighted by atomic mass is 14.9. The van der Waals surface area contributed by atoms with Crippen LogP contribution in [0.4, 0.5) is 0 Å². The molecule has 10 aromatic rings. The summed E-state index contributed by atoms with van der Waals surface area (Å²) in [6.45, 7) is 0. The summed E-state index contributed by atoms with van der Waals surface area (Å²) < 4.78 is 0. The molecule has 0 unspecified atom stereocenters. The molecule has 0 fully saturated rings. The van der Waals surface area contributed by atoms with Gasteiger partial charge in [-0.1, -0.05) is 200 Å². The van der Waals surface area contributed by atoms with Crippen LogP contribution in [0.3, 0.4) is 0 Å². The topological polar surface area (TPSA) is 25.8 Å². The minimum Gasteiger partial charge on any atom is -0.228 e. The van der Waals surface area contributed by atoms with Crippen LogP contribution in [0.1, 0.15) is 0 Å². The van der Waals surface area contributed by atoms with Gasteiger partial charge in [-0.25, -0.2) is 9.97 Å². The van der Waals surface area contributed by atoms with Crippen LogP contribution in [-0.4, -0.2) is 9.97 Å². The van der Waals surface area contributed by atoms with Crippen molar-refractivity contribution in [2.24, 2.45) is 0 Å². The van der Waals surface area contributed by atoms with Gasteiger partial charge in [0, 0.05) is 16.7 Å². The first kappa shape index (κ1) is 36.4. The van der Waals surface area contributed by atoms with Gasteiger partial charge in [0.15, 0.2) is 5.82 Å². The van der Waals surface area contributed by atoms with Crippen LogP contribution in [-0.2, 0) is 0 Å². The number of rotatable bonds is 9. The normalized spacial score (nSPS) is 11.0. The molecule has 0 atom stereocenters. The number of nitrogens with zero attached hydrogens (tertiary/aromatic N) is 2. The minimum absolute atomic E-state index is 0.687. The molecule has 0 N–H and O–H groups in total. The Labute approximate surface area is 351 Å². The molecule has 0 saturated carbocycles. The zero-order valence-corrected chi connectivity index (χ0v) is 33.0. The zero-order valence-electron chi connectivity index (χ0n) is 33.0. The Morgan fingerprint density at radius 2 is 0.417 bits per heavy atom. The smallest absolute Gasteiger partial charge is 0.160 e. The second-order valence-electron chi connectivity index (χ2n) is 15.0. The van der Waals surface area contributed by atoms with Gasteiger partial charge in [-0.3, -0.25) is 0 Å². The van der Waals surface area contributed by atoms with E-state index < -0.39 is 0 Å². The Morgan fingerprint density at radius 3 is 0.833 bits per heavy atom. The standard InChI is InChI=1S/C58H40N2/c1-5-16-41(17-6-1)43-30-32-44(33-31-43)47-24-13-25-48(34-47)49-26-14-27-50(35-49)51-28-15-29-52(36-51)54-37-53(42-18-7-2-8-19-42)38-55(39-54)58-59-56(45-20-9-3-10-21-45)40-57(60-58)46-22-11-4-12-23-46/h1-40H. The highest BCUT2D eigenvalue weighted by Crippen LogP contribution is 2.37. The number of hydrogen-bond donors (Lipinski definition) is 0. The highest BCUT2D eigenvalue weighted by Gasteiger charge is 2.15. The molecule has 9 aromatic carbocycles. The van der Waals surface area contributed by atoms with Crippen LogP contribution in [0.25, 0.3) is 101 Å². The lowest BCUT2D eigenvalue weighted by molar-refractivity contribution is 1.18. The lowest BCUT2D eigenvalue weighted by Gasteiger charge is -2.14. The van der Waals surface area contributed by atoms with E-state index >= 15 is 0 Å². The van der Waals surface area contributed by atoms with Gasteiger partial charge in [-0.2, -0.15) is 0 Å². The van der Waals surface area contributed by atoms with E-state index in [2.05, 4.69) is 231 Å². The van der Waals surface area contributed by atoms with Crippen molar-refractivity contribution in [2.45, 2.75) is 0 Å². The molecule has 2 heteroatoms. The van der Waals surface area contributed by atoms with Crippen molar-refractivity contribution in [3.05, 3.63) is 243 Å². The van der Waals surface area contributed by atoms with Gasteiger partial charge in [-0.05, 0) is 109 Å². The van der Waals surface area contributed by atoms with Gasteiger partial charge in [0.1, 0.15) is 0 Å². The van der Waals surface area contributed by atoms with E-state index in [-0.39, 0.29) is 0 Å². The van der Waals surface area contributed by atoms with Crippen LogP contribution in [0, 0.1) is 0 Å². The third kappa shape index (κ3) is 7.83. The van der Waals surface area contributed by atoms with Crippen molar-refractivity contribution in [2.75, 3.05) is 0 Å². The predicted molar refractivity (Wildman–Crippen MR) is 251 cm³/mol. The van der Waals surface area contributed by atoms with Crippen LogP contribution in [0.15, 0.2) is 243 Å². The quantitative estimate of drug-likeness (QED) is 0.146. The fourth-order valence-corrected chi connectivity index (χ4v) is 7.93. The second kappa shape index (κ2) is 16.5. The van der Waals surface area contributed by atoms with Crippen LogP contribution < -0.4 is 0 Å². The Morgan fingerprint density at radius 1 is 0.167 bits per heavy atom. The van der Waals surface area contributed by atoms with Crippen LogP contribution >= 0.6 is 0 Å². The number of benzene rings is 9. The van der Waals surface area contributed by atoms with Gasteiger partial charge < -0.3 is 0 Å². The highest BCUT2D eigenvalue weighted by molar-refractivity contribution is 5.84. The average molecular weight is 765 g/mol. The van der Waals surface area contributed by atoms with E-state index in [0.29, 0.717) is 5.82 Å². The van der Waals surface area contributed by atoms with Crippen LogP contribution in [0.5, 0.6) is 0 Å². The van der Waals surface area contributed by atoms with Crippen molar-refractivity contribution in [1.82, 2.24) is 9.97 Å². The molecule has 0 saturated heterocycles. The third-order valence-corrected chi connectivity index (χ3v) is 11.1. The SMILES string of the molecule is c1ccc(-c2ccc(-c3cccc(-c4cccc(-c5cccc(-c6cc(-c7ccccc7)cc(-c7nc(-c8ccccc8)cc(-c8ccccc8)n7)c6)c5)c4)c3)cc2)cc1. The lowest BCUT2D eigenvalue weighted by atomic mass is 9.92. The van der Waals surface area contributed by atoms with E-state index in [9.17, 15) is 0 Å². The summed E-state index contributed by atoms with van der Waals surface area (Å²) in [7, 11) is 0. The Balaban J connectivity index is 1.02. The maximum atomic E-state index is 5.20. The van der Waals surface area contributed by atoms with Gasteiger partial charge in [0.25, 0.3) is 0 Å². The Kier molecular flexibility index (Phi) is 10.0. The average Bonchev–Trinajstić information content (AvgIpc) is 3.35. The zero-order chi connectivity index (χ0) is 40.1. The molecule has 0 amide bonds. The maximum Gasteiger partial charge on any atom is 0.160 e. The number of aromatic nitrogens is 2. The van der Waals surface area contributed by atoms with Crippen LogP contribution in [0.2, 0.25) is 0 Å². The summed E-state index contributed by atoms with van der Waals surface area (Å²) in [4.78, 5) is 10.4. The summed E-state index contributed by atoms with van der Waals surface area (Å²) in [5.74, 6) is 0.687. The minimum atomic E-state index is 0.687. The molecule has 0 aliphatic carbocycles. The van der Waals surface area contributed by atoms with Gasteiger partial charge >= 0.3 is 0 Å². The van der Waals surface area contributed by atoms with Crippen molar-refractivity contribution in [1.29, 1.82) is 0 Å². The van der Waals surface area contributed by atoms with Crippen molar-refractivity contribution in [3.63, 3.8) is 0 Å². The molecule has 1 aromatic heterocycles. The second-order valence-corrected chi connectivity index (χ2v) is 15.0. The van der Waals surface area contributed by atoms with Crippen molar-refractivity contribution in [3.8, 4) is 101 Å². The summed E-state index contributed by atoms with van der Waals surface area (Å²) in [5, 5.41) is 0. The van der Waals surface area contributed by atoms with E-state index in [4.69, 9.17) is 9.97 Å². The molecule has 1 heterocycles. The van der Waals surface area contributed by atoms with E-state index in [0.717, 1.165) is 61.5 Å². The monoisotopic (exact) mass is 764 g/mol. The summed E-state index contributed by atoms with van der Waals surface area (Å²) in [6.07, 6.45) is 0. The number of hydrogen-bond acceptors (Lipinski definition) is 2. The molecule has 2 nitrogen and oxygen atoms in total. The molecule has 0 aliphatic rings. The molecule has 60 heavy (non-hydrogen) atoms. The van der Waals surface area contributed by atoms with Gasteiger partial charge in [0.05, 0.1) is 11.4 Å². The summed E-state index contributed by atoms with van der Waals surface area (Å²) in [6, 6.07) is 86.1. The Bertz CT molecular complexity index is 2990. The fraction of sp³-hybridized carbons (Fsp3) is 0. The van der Waals surface area contributed by atoms with Crippen molar-refractivity contribution >= 4 is 0 Å². The molecule has 0 spiro atoms. The van der Waals surface area contributed by atoms with Gasteiger partial charge in [-0.15, -0.1) is 0 Å². The summed E-state index contributed by atoms with van der Waals surface area (Å²) in [5.41, 5.74) is 18.8. The Hall–Kier alpha value is -7.94.